The predicted molar refractivity (Wildman–Crippen MR) is 86.1 cm³/mol. The monoisotopic (exact) mass is 298 g/mol. The Hall–Kier alpha value is -2.07. The maximum atomic E-state index is 11.3. The van der Waals surface area contributed by atoms with Crippen molar-refractivity contribution >= 4 is 5.91 Å². The number of hydrogen-bond acceptors (Lipinski definition) is 3. The molecule has 116 valence electrons. The highest BCUT2D eigenvalue weighted by Crippen LogP contribution is 2.23. The SMILES string of the molecule is Cc1ccc(-c2ccc(CN3CCC[C@@H](C(N)=O)C3)cc2)o1. The number of likely N-dealkylation sites (tertiary alicyclic amines) is 1. The molecule has 0 aliphatic carbocycles. The van der Waals surface area contributed by atoms with Gasteiger partial charge in [0.2, 0.25) is 5.91 Å². The zero-order valence-corrected chi connectivity index (χ0v) is 12.9. The summed E-state index contributed by atoms with van der Waals surface area (Å²) in [7, 11) is 0. The Bertz CT molecular complexity index is 645. The van der Waals surface area contributed by atoms with Crippen molar-refractivity contribution in [3.8, 4) is 11.3 Å². The molecule has 1 aliphatic heterocycles. The fourth-order valence-electron chi connectivity index (χ4n) is 3.05. The lowest BCUT2D eigenvalue weighted by atomic mass is 9.97. The average molecular weight is 298 g/mol. The molecular weight excluding hydrogens is 276 g/mol. The number of nitrogens with two attached hydrogens (primary N) is 1. The number of carbonyl (C=O) groups excluding carboxylic acids is 1. The fourth-order valence-corrected chi connectivity index (χ4v) is 3.05. The molecule has 1 saturated heterocycles. The molecule has 1 aliphatic rings. The Morgan fingerprint density at radius 3 is 2.68 bits per heavy atom. The van der Waals surface area contributed by atoms with Crippen LogP contribution in [0, 0.1) is 12.8 Å². The van der Waals surface area contributed by atoms with Crippen LogP contribution < -0.4 is 5.73 Å². The van der Waals surface area contributed by atoms with Crippen LogP contribution in [0.2, 0.25) is 0 Å². The third-order valence-electron chi connectivity index (χ3n) is 4.29. The van der Waals surface area contributed by atoms with Crippen molar-refractivity contribution in [3.05, 3.63) is 47.7 Å². The highest BCUT2D eigenvalue weighted by molar-refractivity contribution is 5.76. The van der Waals surface area contributed by atoms with E-state index in [9.17, 15) is 4.79 Å². The molecule has 0 unspecified atom stereocenters. The van der Waals surface area contributed by atoms with Crippen molar-refractivity contribution in [1.82, 2.24) is 4.90 Å². The minimum atomic E-state index is -0.173. The van der Waals surface area contributed by atoms with E-state index in [-0.39, 0.29) is 11.8 Å². The summed E-state index contributed by atoms with van der Waals surface area (Å²) >= 11 is 0. The van der Waals surface area contributed by atoms with Gasteiger partial charge >= 0.3 is 0 Å². The van der Waals surface area contributed by atoms with E-state index in [0.29, 0.717) is 0 Å². The van der Waals surface area contributed by atoms with Crippen LogP contribution in [0.25, 0.3) is 11.3 Å². The molecule has 3 rings (SSSR count). The number of benzene rings is 1. The van der Waals surface area contributed by atoms with Crippen molar-refractivity contribution in [3.63, 3.8) is 0 Å². The molecule has 1 atom stereocenters. The first kappa shape index (κ1) is 14.9. The number of primary amides is 1. The predicted octanol–water partition coefficient (Wildman–Crippen LogP) is 2.95. The summed E-state index contributed by atoms with van der Waals surface area (Å²) in [4.78, 5) is 13.7. The van der Waals surface area contributed by atoms with Gasteiger partial charge in [-0.3, -0.25) is 9.69 Å². The molecular formula is C18H22N2O2. The lowest BCUT2D eigenvalue weighted by Gasteiger charge is -2.31. The van der Waals surface area contributed by atoms with Crippen LogP contribution in [0.4, 0.5) is 0 Å². The largest absolute Gasteiger partial charge is 0.461 e. The minimum Gasteiger partial charge on any atom is -0.461 e. The van der Waals surface area contributed by atoms with Crippen LogP contribution in [-0.4, -0.2) is 23.9 Å². The maximum absolute atomic E-state index is 11.3. The Labute approximate surface area is 130 Å². The molecule has 4 nitrogen and oxygen atoms in total. The highest BCUT2D eigenvalue weighted by Gasteiger charge is 2.23. The van der Waals surface area contributed by atoms with Gasteiger partial charge in [0.25, 0.3) is 0 Å². The topological polar surface area (TPSA) is 59.5 Å². The van der Waals surface area contributed by atoms with Crippen molar-refractivity contribution in [2.75, 3.05) is 13.1 Å². The van der Waals surface area contributed by atoms with E-state index in [1.54, 1.807) is 0 Å². The molecule has 1 aromatic heterocycles. The van der Waals surface area contributed by atoms with Gasteiger partial charge in [-0.15, -0.1) is 0 Å². The summed E-state index contributed by atoms with van der Waals surface area (Å²) in [5, 5.41) is 0. The summed E-state index contributed by atoms with van der Waals surface area (Å²) in [6.45, 7) is 4.61. The zero-order chi connectivity index (χ0) is 15.5. The number of aryl methyl sites for hydroxylation is 1. The number of furan rings is 1. The van der Waals surface area contributed by atoms with Crippen LogP contribution in [-0.2, 0) is 11.3 Å². The third kappa shape index (κ3) is 3.39. The molecule has 0 bridgehead atoms. The van der Waals surface area contributed by atoms with Gasteiger partial charge in [0, 0.05) is 18.7 Å². The smallest absolute Gasteiger partial charge is 0.221 e. The van der Waals surface area contributed by atoms with E-state index in [2.05, 4.69) is 29.2 Å². The van der Waals surface area contributed by atoms with E-state index in [1.165, 1.54) is 5.56 Å². The molecule has 1 aromatic carbocycles. The van der Waals surface area contributed by atoms with Crippen LogP contribution >= 0.6 is 0 Å². The first-order chi connectivity index (χ1) is 10.6. The Kier molecular flexibility index (Phi) is 4.29. The average Bonchev–Trinajstić information content (AvgIpc) is 2.95. The number of rotatable bonds is 4. The quantitative estimate of drug-likeness (QED) is 0.944. The summed E-state index contributed by atoms with van der Waals surface area (Å²) in [5.74, 6) is 1.65. The van der Waals surface area contributed by atoms with Crippen LogP contribution in [0.15, 0.2) is 40.8 Å². The first-order valence-corrected chi connectivity index (χ1v) is 7.79. The number of carbonyl (C=O) groups is 1. The van der Waals surface area contributed by atoms with Gasteiger partial charge in [0.1, 0.15) is 11.5 Å². The number of hydrogen-bond donors (Lipinski definition) is 1. The molecule has 1 amide bonds. The second-order valence-electron chi connectivity index (χ2n) is 6.08. The second kappa shape index (κ2) is 6.36. The van der Waals surface area contributed by atoms with E-state index < -0.39 is 0 Å². The normalized spacial score (nSPS) is 19.2. The summed E-state index contributed by atoms with van der Waals surface area (Å²) in [5.41, 5.74) is 7.77. The second-order valence-corrected chi connectivity index (χ2v) is 6.08. The molecule has 2 heterocycles. The van der Waals surface area contributed by atoms with E-state index in [1.807, 2.05) is 19.1 Å². The summed E-state index contributed by atoms with van der Waals surface area (Å²) in [6.07, 6.45) is 1.96. The van der Waals surface area contributed by atoms with Gasteiger partial charge < -0.3 is 10.2 Å². The van der Waals surface area contributed by atoms with Gasteiger partial charge in [-0.05, 0) is 44.0 Å². The van der Waals surface area contributed by atoms with Gasteiger partial charge in [-0.25, -0.2) is 0 Å². The van der Waals surface area contributed by atoms with Crippen molar-refractivity contribution in [2.24, 2.45) is 11.7 Å². The van der Waals surface area contributed by atoms with Crippen LogP contribution in [0.3, 0.4) is 0 Å². The standard InChI is InChI=1S/C18H22N2O2/c1-13-4-9-17(22-13)15-7-5-14(6-8-15)11-20-10-2-3-16(12-20)18(19)21/h4-9,16H,2-3,10-12H2,1H3,(H2,19,21)/t16-/m1/s1. The highest BCUT2D eigenvalue weighted by atomic mass is 16.3. The Morgan fingerprint density at radius 2 is 2.05 bits per heavy atom. The molecule has 0 saturated carbocycles. The van der Waals surface area contributed by atoms with Crippen molar-refractivity contribution in [1.29, 1.82) is 0 Å². The molecule has 2 aromatic rings. The lowest BCUT2D eigenvalue weighted by molar-refractivity contribution is -0.123. The molecule has 4 heteroatoms. The minimum absolute atomic E-state index is 0.000817. The first-order valence-electron chi connectivity index (χ1n) is 7.79. The zero-order valence-electron chi connectivity index (χ0n) is 12.9. The van der Waals surface area contributed by atoms with E-state index in [4.69, 9.17) is 10.2 Å². The Balaban J connectivity index is 1.65. The molecule has 0 radical (unpaired) electrons. The third-order valence-corrected chi connectivity index (χ3v) is 4.29. The van der Waals surface area contributed by atoms with Crippen molar-refractivity contribution in [2.45, 2.75) is 26.3 Å². The number of piperidine rings is 1. The molecule has 2 N–H and O–H groups in total. The van der Waals surface area contributed by atoms with Gasteiger partial charge in [0.05, 0.1) is 5.92 Å². The fraction of sp³-hybridized carbons (Fsp3) is 0.389. The Morgan fingerprint density at radius 1 is 1.27 bits per heavy atom. The summed E-state index contributed by atoms with van der Waals surface area (Å²) in [6, 6.07) is 12.4. The van der Waals surface area contributed by atoms with E-state index in [0.717, 1.165) is 49.6 Å². The van der Waals surface area contributed by atoms with Crippen molar-refractivity contribution < 1.29 is 9.21 Å². The van der Waals surface area contributed by atoms with Crippen LogP contribution in [0.1, 0.15) is 24.2 Å². The molecule has 22 heavy (non-hydrogen) atoms. The molecule has 0 spiro atoms. The van der Waals surface area contributed by atoms with E-state index >= 15 is 0 Å². The molecule has 1 fully saturated rings. The maximum Gasteiger partial charge on any atom is 0.221 e. The lowest BCUT2D eigenvalue weighted by Crippen LogP contribution is -2.40. The summed E-state index contributed by atoms with van der Waals surface area (Å²) < 4.78 is 5.64. The van der Waals surface area contributed by atoms with Gasteiger partial charge in [0.15, 0.2) is 0 Å². The van der Waals surface area contributed by atoms with Gasteiger partial charge in [-0.2, -0.15) is 0 Å². The number of nitrogens with zero attached hydrogens (tertiary/aromatic N) is 1. The number of amides is 1. The van der Waals surface area contributed by atoms with Gasteiger partial charge in [-0.1, -0.05) is 24.3 Å². The van der Waals surface area contributed by atoms with Crippen LogP contribution in [0.5, 0.6) is 0 Å².